The van der Waals surface area contributed by atoms with Gasteiger partial charge in [-0.2, -0.15) is 0 Å². The number of nitrogens with two attached hydrogens (primary N) is 1. The van der Waals surface area contributed by atoms with Gasteiger partial charge in [0.1, 0.15) is 6.61 Å². The Morgan fingerprint density at radius 3 is 2.44 bits per heavy atom. The Morgan fingerprint density at radius 2 is 1.93 bits per heavy atom. The van der Waals surface area contributed by atoms with Crippen LogP contribution in [0.3, 0.4) is 0 Å². The molecule has 1 rings (SSSR count). The zero-order chi connectivity index (χ0) is 20.4. The Bertz CT molecular complexity index is 624. The molecule has 0 aliphatic rings. The maximum atomic E-state index is 12.9. The molecule has 0 unspecified atom stereocenters. The third-order valence-corrected chi connectivity index (χ3v) is 4.53. The van der Waals surface area contributed by atoms with E-state index in [4.69, 9.17) is 22.1 Å². The van der Waals surface area contributed by atoms with Crippen LogP contribution in [0.4, 0.5) is 4.79 Å². The van der Waals surface area contributed by atoms with Gasteiger partial charge >= 0.3 is 6.09 Å². The fourth-order valence-electron chi connectivity index (χ4n) is 2.63. The van der Waals surface area contributed by atoms with Crippen LogP contribution in [0, 0.1) is 5.92 Å². The van der Waals surface area contributed by atoms with Gasteiger partial charge in [0.2, 0.25) is 0 Å². The highest BCUT2D eigenvalue weighted by Gasteiger charge is 2.44. The van der Waals surface area contributed by atoms with Crippen molar-refractivity contribution in [1.82, 2.24) is 4.90 Å². The number of halogens is 1. The third-order valence-electron chi connectivity index (χ3n) is 4.08. The lowest BCUT2D eigenvalue weighted by atomic mass is 10.0. The second-order valence-corrected chi connectivity index (χ2v) is 7.64. The number of carbonyl (C=O) groups excluding carboxylic acids is 3. The van der Waals surface area contributed by atoms with Gasteiger partial charge in [0.05, 0.1) is 6.04 Å². The van der Waals surface area contributed by atoms with Crippen molar-refractivity contribution in [2.45, 2.75) is 64.1 Å². The normalized spacial score (nSPS) is 14.3. The van der Waals surface area contributed by atoms with Crippen LogP contribution in [-0.4, -0.2) is 34.2 Å². The molecule has 0 aliphatic heterocycles. The van der Waals surface area contributed by atoms with Crippen LogP contribution in [0.5, 0.6) is 0 Å². The molecule has 7 heteroatoms. The first-order chi connectivity index (χ1) is 12.7. The number of benzene rings is 1. The van der Waals surface area contributed by atoms with Crippen molar-refractivity contribution >= 4 is 29.9 Å². The molecule has 2 atom stereocenters. The predicted molar refractivity (Wildman–Crippen MR) is 105 cm³/mol. The molecule has 0 saturated heterocycles. The van der Waals surface area contributed by atoms with Crippen molar-refractivity contribution in [3.8, 4) is 0 Å². The van der Waals surface area contributed by atoms with E-state index in [0.29, 0.717) is 24.0 Å². The highest BCUT2D eigenvalue weighted by Crippen LogP contribution is 2.28. The maximum absolute atomic E-state index is 12.9. The lowest BCUT2D eigenvalue weighted by Gasteiger charge is -2.34. The summed E-state index contributed by atoms with van der Waals surface area (Å²) in [5.41, 5.74) is 6.72. The fraction of sp³-hybridized carbons (Fsp3) is 0.550. The van der Waals surface area contributed by atoms with Gasteiger partial charge in [0.15, 0.2) is 11.3 Å². The molecular weight excluding hydrogens is 368 g/mol. The molecular formula is C20H29ClN2O4. The number of hydrogen-bond acceptors (Lipinski definition) is 5. The topological polar surface area (TPSA) is 89.7 Å². The van der Waals surface area contributed by atoms with Crippen molar-refractivity contribution in [2.75, 3.05) is 0 Å². The van der Waals surface area contributed by atoms with Crippen molar-refractivity contribution in [1.29, 1.82) is 0 Å². The molecule has 0 heterocycles. The summed E-state index contributed by atoms with van der Waals surface area (Å²) in [5, 5.41) is 0. The van der Waals surface area contributed by atoms with Crippen molar-refractivity contribution in [3.05, 3.63) is 35.9 Å². The molecule has 27 heavy (non-hydrogen) atoms. The molecule has 0 aromatic heterocycles. The van der Waals surface area contributed by atoms with E-state index in [0.717, 1.165) is 12.0 Å². The molecule has 6 nitrogen and oxygen atoms in total. The van der Waals surface area contributed by atoms with Crippen LogP contribution >= 0.6 is 11.6 Å². The molecule has 0 fully saturated rings. The number of alkyl halides is 1. The van der Waals surface area contributed by atoms with Crippen LogP contribution in [-0.2, 0) is 20.9 Å². The van der Waals surface area contributed by atoms with E-state index in [9.17, 15) is 14.4 Å². The molecule has 1 aromatic rings. The fourth-order valence-corrected chi connectivity index (χ4v) is 2.92. The van der Waals surface area contributed by atoms with Crippen LogP contribution in [0.1, 0.15) is 52.0 Å². The first kappa shape index (κ1) is 23.1. The summed E-state index contributed by atoms with van der Waals surface area (Å²) in [4.78, 5) is 36.2. The Kier molecular flexibility index (Phi) is 9.46. The van der Waals surface area contributed by atoms with Crippen molar-refractivity contribution in [2.24, 2.45) is 11.7 Å². The molecule has 0 spiro atoms. The number of amides is 2. The van der Waals surface area contributed by atoms with Gasteiger partial charge < -0.3 is 10.5 Å². The quantitative estimate of drug-likeness (QED) is 0.368. The first-order valence-electron chi connectivity index (χ1n) is 9.20. The zero-order valence-corrected chi connectivity index (χ0v) is 16.9. The number of nitrogens with zero attached hydrogens (tertiary/aromatic N) is 1. The van der Waals surface area contributed by atoms with E-state index in [1.54, 1.807) is 12.1 Å². The molecule has 0 radical (unpaired) electrons. The van der Waals surface area contributed by atoms with E-state index >= 15 is 0 Å². The second kappa shape index (κ2) is 11.0. The highest BCUT2D eigenvalue weighted by atomic mass is 35.5. The molecule has 2 N–H and O–H groups in total. The van der Waals surface area contributed by atoms with E-state index in [-0.39, 0.29) is 18.9 Å². The lowest BCUT2D eigenvalue weighted by molar-refractivity contribution is -0.137. The van der Waals surface area contributed by atoms with E-state index < -0.39 is 23.0 Å². The molecule has 1 aromatic carbocycles. The van der Waals surface area contributed by atoms with Crippen molar-refractivity contribution < 1.29 is 19.1 Å². The molecule has 150 valence electrons. The summed E-state index contributed by atoms with van der Waals surface area (Å²) in [6.07, 6.45) is 1.25. The minimum Gasteiger partial charge on any atom is -0.444 e. The summed E-state index contributed by atoms with van der Waals surface area (Å²) in [6, 6.07) is 8.08. The van der Waals surface area contributed by atoms with Crippen LogP contribution < -0.4 is 5.73 Å². The van der Waals surface area contributed by atoms with Gasteiger partial charge in [-0.3, -0.25) is 9.59 Å². The van der Waals surface area contributed by atoms with Gasteiger partial charge in [-0.05, 0) is 30.7 Å². The Balaban J connectivity index is 3.05. The zero-order valence-electron chi connectivity index (χ0n) is 16.2. The van der Waals surface area contributed by atoms with Gasteiger partial charge in [-0.15, -0.1) is 0 Å². The van der Waals surface area contributed by atoms with Gasteiger partial charge in [-0.1, -0.05) is 69.1 Å². The summed E-state index contributed by atoms with van der Waals surface area (Å²) in [5.74, 6) is -0.567. The molecule has 0 bridgehead atoms. The average molecular weight is 397 g/mol. The minimum absolute atomic E-state index is 0.0392. The number of hydrogen-bond donors (Lipinski definition) is 1. The Hall–Kier alpha value is -1.92. The molecule has 0 aliphatic carbocycles. The minimum atomic E-state index is -1.81. The smallest absolute Gasteiger partial charge is 0.418 e. The van der Waals surface area contributed by atoms with E-state index in [1.165, 1.54) is 0 Å². The number of carbonyl (C=O) groups is 3. The number of unbranched alkanes of at least 4 members (excludes halogenated alkanes) is 1. The SMILES string of the molecule is CCCC[C@@](Cl)(C=O)N(C(=O)OCc1ccccc1)C(=O)[C@@H](N)CC(C)C. The lowest BCUT2D eigenvalue weighted by Crippen LogP contribution is -2.57. The second-order valence-electron chi connectivity index (χ2n) is 6.99. The standard InChI is InChI=1S/C20H29ClN2O4/c1-4-5-11-20(21,14-24)23(18(25)17(22)12-15(2)3)19(26)27-13-16-9-7-6-8-10-16/h6-10,14-15,17H,4-5,11-13,22H2,1-3H3/t17-,20-/m0/s1. The predicted octanol–water partition coefficient (Wildman–Crippen LogP) is 3.85. The first-order valence-corrected chi connectivity index (χ1v) is 9.58. The molecule has 0 saturated carbocycles. The van der Waals surface area contributed by atoms with Gasteiger partial charge in [0.25, 0.3) is 5.91 Å². The summed E-state index contributed by atoms with van der Waals surface area (Å²) >= 11 is 6.40. The van der Waals surface area contributed by atoms with Crippen molar-refractivity contribution in [3.63, 3.8) is 0 Å². The van der Waals surface area contributed by atoms with Crippen LogP contribution in [0.15, 0.2) is 30.3 Å². The monoisotopic (exact) mass is 396 g/mol. The number of aldehydes is 1. The summed E-state index contributed by atoms with van der Waals surface area (Å²) in [6.45, 7) is 5.71. The number of rotatable bonds is 10. The number of imide groups is 1. The molecule has 2 amide bonds. The largest absolute Gasteiger partial charge is 0.444 e. The summed E-state index contributed by atoms with van der Waals surface area (Å²) in [7, 11) is 0. The maximum Gasteiger partial charge on any atom is 0.418 e. The summed E-state index contributed by atoms with van der Waals surface area (Å²) < 4.78 is 5.26. The third kappa shape index (κ3) is 6.96. The Morgan fingerprint density at radius 1 is 1.30 bits per heavy atom. The van der Waals surface area contributed by atoms with Crippen LogP contribution in [0.25, 0.3) is 0 Å². The van der Waals surface area contributed by atoms with Crippen LogP contribution in [0.2, 0.25) is 0 Å². The van der Waals surface area contributed by atoms with E-state index in [1.807, 2.05) is 39.0 Å². The van der Waals surface area contributed by atoms with E-state index in [2.05, 4.69) is 0 Å². The highest BCUT2D eigenvalue weighted by molar-refractivity contribution is 6.33. The Labute approximate surface area is 166 Å². The van der Waals surface area contributed by atoms with Gasteiger partial charge in [-0.25, -0.2) is 9.69 Å². The number of ether oxygens (including phenoxy) is 1. The van der Waals surface area contributed by atoms with Gasteiger partial charge in [0, 0.05) is 0 Å². The average Bonchev–Trinajstić information content (AvgIpc) is 2.65.